The van der Waals surface area contributed by atoms with Crippen molar-refractivity contribution in [2.75, 3.05) is 4.72 Å². The van der Waals surface area contributed by atoms with Crippen LogP contribution in [0, 0.1) is 12.7 Å². The molecule has 0 atom stereocenters. The maximum Gasteiger partial charge on any atom is 0.271 e. The fourth-order valence-corrected chi connectivity index (χ4v) is 3.28. The Kier molecular flexibility index (Phi) is 3.88. The van der Waals surface area contributed by atoms with Crippen LogP contribution in [0.1, 0.15) is 16.2 Å². The molecule has 0 saturated heterocycles. The smallest absolute Gasteiger partial charge is 0.271 e. The summed E-state index contributed by atoms with van der Waals surface area (Å²) < 4.78 is 39.6. The van der Waals surface area contributed by atoms with Crippen LogP contribution in [0.3, 0.4) is 0 Å². The van der Waals surface area contributed by atoms with Crippen LogP contribution in [0.5, 0.6) is 0 Å². The Hall–Kier alpha value is -2.13. The van der Waals surface area contributed by atoms with E-state index in [0.717, 1.165) is 18.2 Å². The van der Waals surface area contributed by atoms with Crippen molar-refractivity contribution in [3.63, 3.8) is 0 Å². The van der Waals surface area contributed by atoms with Gasteiger partial charge in [-0.3, -0.25) is 14.6 Å². The van der Waals surface area contributed by atoms with E-state index >= 15 is 0 Å². The third kappa shape index (κ3) is 2.98. The topological polar surface area (TPSA) is 118 Å². The number of primary amides is 1. The van der Waals surface area contributed by atoms with Gasteiger partial charge in [0, 0.05) is 0 Å². The third-order valence-corrected chi connectivity index (χ3v) is 4.43. The van der Waals surface area contributed by atoms with E-state index in [1.54, 1.807) is 0 Å². The molecule has 0 aliphatic carbocycles. The number of benzene rings is 1. The maximum absolute atomic E-state index is 13.0. The van der Waals surface area contributed by atoms with E-state index in [-0.39, 0.29) is 21.3 Å². The predicted octanol–water partition coefficient (Wildman–Crippen LogP) is 1.41. The van der Waals surface area contributed by atoms with Gasteiger partial charge >= 0.3 is 0 Å². The minimum absolute atomic E-state index is 0.0807. The maximum atomic E-state index is 13.0. The summed E-state index contributed by atoms with van der Waals surface area (Å²) in [7, 11) is -4.13. The van der Waals surface area contributed by atoms with Gasteiger partial charge in [-0.1, -0.05) is 11.6 Å². The van der Waals surface area contributed by atoms with Crippen molar-refractivity contribution in [1.29, 1.82) is 0 Å². The van der Waals surface area contributed by atoms with Gasteiger partial charge in [0.05, 0.1) is 10.7 Å². The van der Waals surface area contributed by atoms with Gasteiger partial charge in [0.15, 0.2) is 5.69 Å². The molecule has 0 radical (unpaired) electrons. The highest BCUT2D eigenvalue weighted by molar-refractivity contribution is 7.92. The molecule has 1 aromatic heterocycles. The molecule has 1 amide bonds. The Balaban J connectivity index is 2.47. The Morgan fingerprint density at radius 3 is 2.71 bits per heavy atom. The zero-order chi connectivity index (χ0) is 15.8. The number of nitrogens with zero attached hydrogens (tertiary/aromatic N) is 1. The molecule has 1 heterocycles. The van der Waals surface area contributed by atoms with E-state index in [1.807, 2.05) is 0 Å². The van der Waals surface area contributed by atoms with Gasteiger partial charge in [-0.15, -0.1) is 0 Å². The van der Waals surface area contributed by atoms with Crippen molar-refractivity contribution < 1.29 is 17.6 Å². The molecule has 2 rings (SSSR count). The molecular formula is C11H10ClFN4O3S. The number of nitrogens with one attached hydrogen (secondary N) is 2. The quantitative estimate of drug-likeness (QED) is 0.784. The summed E-state index contributed by atoms with van der Waals surface area (Å²) in [5.74, 6) is -1.57. The second kappa shape index (κ2) is 5.34. The van der Waals surface area contributed by atoms with E-state index in [9.17, 15) is 17.6 Å². The normalized spacial score (nSPS) is 11.4. The average Bonchev–Trinajstić information content (AvgIpc) is 2.70. The molecule has 21 heavy (non-hydrogen) atoms. The first kappa shape index (κ1) is 15.3. The van der Waals surface area contributed by atoms with Gasteiger partial charge in [-0.25, -0.2) is 12.8 Å². The van der Waals surface area contributed by atoms with Gasteiger partial charge < -0.3 is 5.73 Å². The number of sulfonamides is 1. The SMILES string of the molecule is Cc1[nH]nc(C(N)=O)c1NS(=O)(=O)c1ccc(F)cc1Cl. The number of carbonyl (C=O) groups is 1. The molecule has 0 aliphatic rings. The van der Waals surface area contributed by atoms with Gasteiger partial charge in [-0.05, 0) is 25.1 Å². The van der Waals surface area contributed by atoms with Crippen molar-refractivity contribution in [2.45, 2.75) is 11.8 Å². The molecule has 2 aromatic rings. The van der Waals surface area contributed by atoms with E-state index in [0.29, 0.717) is 5.69 Å². The first-order chi connectivity index (χ1) is 9.72. The molecule has 0 spiro atoms. The summed E-state index contributed by atoms with van der Waals surface area (Å²) in [6.45, 7) is 1.50. The number of hydrogen-bond acceptors (Lipinski definition) is 4. The predicted molar refractivity (Wildman–Crippen MR) is 74.1 cm³/mol. The first-order valence-electron chi connectivity index (χ1n) is 5.55. The Bertz CT molecular complexity index is 819. The van der Waals surface area contributed by atoms with Crippen LogP contribution in [0.4, 0.5) is 10.1 Å². The summed E-state index contributed by atoms with van der Waals surface area (Å²) in [5, 5.41) is 5.77. The number of halogens is 2. The minimum Gasteiger partial charge on any atom is -0.364 e. The number of anilines is 1. The number of aromatic nitrogens is 2. The van der Waals surface area contributed by atoms with Gasteiger partial charge in [0.25, 0.3) is 15.9 Å². The Morgan fingerprint density at radius 2 is 2.14 bits per heavy atom. The Morgan fingerprint density at radius 1 is 1.48 bits per heavy atom. The highest BCUT2D eigenvalue weighted by Crippen LogP contribution is 2.26. The largest absolute Gasteiger partial charge is 0.364 e. The van der Waals surface area contributed by atoms with Crippen molar-refractivity contribution >= 4 is 33.2 Å². The summed E-state index contributed by atoms with van der Waals surface area (Å²) >= 11 is 5.72. The number of carbonyl (C=O) groups excluding carboxylic acids is 1. The molecule has 10 heteroatoms. The van der Waals surface area contributed by atoms with Gasteiger partial charge in [0.1, 0.15) is 16.4 Å². The van der Waals surface area contributed by atoms with Crippen LogP contribution in [-0.4, -0.2) is 24.5 Å². The van der Waals surface area contributed by atoms with Crippen LogP contribution in [0.25, 0.3) is 0 Å². The van der Waals surface area contributed by atoms with Crippen molar-refractivity contribution in [3.8, 4) is 0 Å². The number of aryl methyl sites for hydroxylation is 1. The standard InChI is InChI=1S/C11H10ClFN4O3S/c1-5-9(10(11(14)18)16-15-5)17-21(19,20)8-3-2-6(13)4-7(8)12/h2-4,17H,1H3,(H2,14,18)(H,15,16). The second-order valence-electron chi connectivity index (χ2n) is 4.12. The average molecular weight is 333 g/mol. The third-order valence-electron chi connectivity index (χ3n) is 2.60. The molecule has 0 aliphatic heterocycles. The zero-order valence-electron chi connectivity index (χ0n) is 10.6. The molecule has 4 N–H and O–H groups in total. The molecule has 112 valence electrons. The van der Waals surface area contributed by atoms with Crippen LogP contribution in [-0.2, 0) is 10.0 Å². The molecular weight excluding hydrogens is 323 g/mol. The molecule has 0 fully saturated rings. The number of rotatable bonds is 4. The molecule has 0 unspecified atom stereocenters. The first-order valence-corrected chi connectivity index (χ1v) is 7.41. The zero-order valence-corrected chi connectivity index (χ0v) is 12.2. The number of H-pyrrole nitrogens is 1. The second-order valence-corrected chi connectivity index (χ2v) is 6.17. The molecule has 7 nitrogen and oxygen atoms in total. The fraction of sp³-hybridized carbons (Fsp3) is 0.0909. The van der Waals surface area contributed by atoms with E-state index in [1.165, 1.54) is 6.92 Å². The van der Waals surface area contributed by atoms with E-state index < -0.39 is 21.7 Å². The highest BCUT2D eigenvalue weighted by atomic mass is 35.5. The number of nitrogens with two attached hydrogens (primary N) is 1. The van der Waals surface area contributed by atoms with Crippen molar-refractivity contribution in [3.05, 3.63) is 40.4 Å². The number of amides is 1. The highest BCUT2D eigenvalue weighted by Gasteiger charge is 2.24. The van der Waals surface area contributed by atoms with Crippen LogP contribution in [0.2, 0.25) is 5.02 Å². The molecule has 1 aromatic carbocycles. The van der Waals surface area contributed by atoms with Crippen molar-refractivity contribution in [2.24, 2.45) is 5.73 Å². The number of aromatic amines is 1. The monoisotopic (exact) mass is 332 g/mol. The lowest BCUT2D eigenvalue weighted by Gasteiger charge is -2.09. The minimum atomic E-state index is -4.13. The summed E-state index contributed by atoms with van der Waals surface area (Å²) in [5.41, 5.74) is 5.06. The van der Waals surface area contributed by atoms with Gasteiger partial charge in [-0.2, -0.15) is 5.10 Å². The lowest BCUT2D eigenvalue weighted by Crippen LogP contribution is -2.19. The lowest BCUT2D eigenvalue weighted by atomic mass is 10.3. The lowest BCUT2D eigenvalue weighted by molar-refractivity contribution is 0.0996. The van der Waals surface area contributed by atoms with Crippen LogP contribution in [0.15, 0.2) is 23.1 Å². The van der Waals surface area contributed by atoms with Gasteiger partial charge in [0.2, 0.25) is 0 Å². The summed E-state index contributed by atoms with van der Waals surface area (Å²) in [6.07, 6.45) is 0. The number of hydrogen-bond donors (Lipinski definition) is 3. The van der Waals surface area contributed by atoms with Crippen LogP contribution >= 0.6 is 11.6 Å². The molecule has 0 bridgehead atoms. The Labute approximate surface area is 124 Å². The summed E-state index contributed by atoms with van der Waals surface area (Å²) in [4.78, 5) is 10.9. The van der Waals surface area contributed by atoms with Crippen LogP contribution < -0.4 is 10.5 Å². The molecule has 0 saturated carbocycles. The summed E-state index contributed by atoms with van der Waals surface area (Å²) in [6, 6.07) is 2.84. The van der Waals surface area contributed by atoms with E-state index in [2.05, 4.69) is 14.9 Å². The fourth-order valence-electron chi connectivity index (χ4n) is 1.61. The van der Waals surface area contributed by atoms with E-state index in [4.69, 9.17) is 17.3 Å². The van der Waals surface area contributed by atoms with Crippen molar-refractivity contribution in [1.82, 2.24) is 10.2 Å².